The van der Waals surface area contributed by atoms with E-state index in [1.165, 1.54) is 0 Å². The fraction of sp³-hybridized carbons (Fsp3) is 0.600. The summed E-state index contributed by atoms with van der Waals surface area (Å²) >= 11 is 0. The summed E-state index contributed by atoms with van der Waals surface area (Å²) in [7, 11) is 0. The zero-order chi connectivity index (χ0) is 10.8. The van der Waals surface area contributed by atoms with Crippen molar-refractivity contribution >= 4 is 5.97 Å². The Labute approximate surface area is 87.0 Å². The molecule has 1 N–H and O–H groups in total. The second kappa shape index (κ2) is 4.02. The van der Waals surface area contributed by atoms with Crippen molar-refractivity contribution in [2.75, 3.05) is 13.2 Å². The Balaban J connectivity index is 2.30. The maximum atomic E-state index is 11.0. The first kappa shape index (κ1) is 10.2. The van der Waals surface area contributed by atoms with Crippen molar-refractivity contribution in [2.24, 2.45) is 0 Å². The molecule has 0 aliphatic carbocycles. The maximum Gasteiger partial charge on any atom is 0.341 e. The molecule has 1 fully saturated rings. The van der Waals surface area contributed by atoms with E-state index in [-0.39, 0.29) is 11.5 Å². The minimum atomic E-state index is -0.963. The van der Waals surface area contributed by atoms with Crippen LogP contribution in [0.15, 0.2) is 4.52 Å². The molecule has 82 valence electrons. The highest BCUT2D eigenvalue weighted by Gasteiger charge is 2.28. The lowest BCUT2D eigenvalue weighted by Crippen LogP contribution is -2.16. The molecule has 2 rings (SSSR count). The fourth-order valence-electron chi connectivity index (χ4n) is 1.89. The van der Waals surface area contributed by atoms with E-state index in [1.807, 2.05) is 0 Å². The molecular formula is C10H13NO4. The van der Waals surface area contributed by atoms with Crippen LogP contribution in [-0.4, -0.2) is 29.4 Å². The highest BCUT2D eigenvalue weighted by Crippen LogP contribution is 2.30. The molecule has 0 radical (unpaired) electrons. The van der Waals surface area contributed by atoms with Crippen molar-refractivity contribution < 1.29 is 19.2 Å². The molecule has 0 bridgehead atoms. The Kier molecular flexibility index (Phi) is 2.73. The van der Waals surface area contributed by atoms with Crippen LogP contribution < -0.4 is 0 Å². The van der Waals surface area contributed by atoms with Crippen LogP contribution in [0.25, 0.3) is 0 Å². The van der Waals surface area contributed by atoms with Crippen LogP contribution in [0.1, 0.15) is 40.6 Å². The summed E-state index contributed by atoms with van der Waals surface area (Å²) < 4.78 is 10.3. The largest absolute Gasteiger partial charge is 0.477 e. The van der Waals surface area contributed by atoms with Crippen molar-refractivity contribution in [3.63, 3.8) is 0 Å². The Morgan fingerprint density at radius 1 is 1.47 bits per heavy atom. The van der Waals surface area contributed by atoms with Crippen molar-refractivity contribution in [2.45, 2.75) is 25.7 Å². The number of aryl methyl sites for hydroxylation is 1. The van der Waals surface area contributed by atoms with Gasteiger partial charge in [0.15, 0.2) is 5.76 Å². The molecule has 1 aliphatic heterocycles. The zero-order valence-electron chi connectivity index (χ0n) is 8.52. The molecule has 2 heterocycles. The van der Waals surface area contributed by atoms with Gasteiger partial charge in [0, 0.05) is 19.1 Å². The standard InChI is InChI=1S/C10H13NO4/c1-6-8(10(12)13)9(15-11-6)7-2-4-14-5-3-7/h7H,2-5H2,1H3,(H,12,13). The van der Waals surface area contributed by atoms with E-state index >= 15 is 0 Å². The van der Waals surface area contributed by atoms with Crippen molar-refractivity contribution in [3.05, 3.63) is 17.0 Å². The topological polar surface area (TPSA) is 72.6 Å². The number of ether oxygens (including phenoxy) is 1. The molecule has 5 nitrogen and oxygen atoms in total. The van der Waals surface area contributed by atoms with Gasteiger partial charge in [0.25, 0.3) is 0 Å². The number of hydrogen-bond donors (Lipinski definition) is 1. The molecular weight excluding hydrogens is 198 g/mol. The van der Waals surface area contributed by atoms with Crippen LogP contribution in [0.3, 0.4) is 0 Å². The number of rotatable bonds is 2. The number of carboxylic acid groups (broad SMARTS) is 1. The number of carboxylic acids is 1. The van der Waals surface area contributed by atoms with Gasteiger partial charge >= 0.3 is 5.97 Å². The third-order valence-electron chi connectivity index (χ3n) is 2.70. The first-order valence-electron chi connectivity index (χ1n) is 4.97. The molecule has 0 spiro atoms. The number of carbonyl (C=O) groups is 1. The van der Waals surface area contributed by atoms with Crippen LogP contribution in [0.5, 0.6) is 0 Å². The van der Waals surface area contributed by atoms with Gasteiger partial charge in [-0.3, -0.25) is 0 Å². The van der Waals surface area contributed by atoms with Crippen molar-refractivity contribution in [1.82, 2.24) is 5.16 Å². The average Bonchev–Trinajstić information content (AvgIpc) is 2.61. The van der Waals surface area contributed by atoms with Crippen LogP contribution in [0.4, 0.5) is 0 Å². The third-order valence-corrected chi connectivity index (χ3v) is 2.70. The van der Waals surface area contributed by atoms with E-state index in [2.05, 4.69) is 5.16 Å². The monoisotopic (exact) mass is 211 g/mol. The van der Waals surface area contributed by atoms with E-state index in [9.17, 15) is 4.79 Å². The van der Waals surface area contributed by atoms with Gasteiger partial charge in [-0.05, 0) is 19.8 Å². The summed E-state index contributed by atoms with van der Waals surface area (Å²) in [6.07, 6.45) is 1.60. The van der Waals surface area contributed by atoms with Gasteiger partial charge in [0.2, 0.25) is 0 Å². The third kappa shape index (κ3) is 1.87. The predicted octanol–water partition coefficient (Wildman–Crippen LogP) is 1.58. The maximum absolute atomic E-state index is 11.0. The molecule has 0 atom stereocenters. The predicted molar refractivity (Wildman–Crippen MR) is 51.0 cm³/mol. The van der Waals surface area contributed by atoms with Crippen LogP contribution >= 0.6 is 0 Å². The van der Waals surface area contributed by atoms with Gasteiger partial charge in [-0.1, -0.05) is 5.16 Å². The van der Waals surface area contributed by atoms with E-state index in [1.54, 1.807) is 6.92 Å². The van der Waals surface area contributed by atoms with E-state index in [4.69, 9.17) is 14.4 Å². The fourth-order valence-corrected chi connectivity index (χ4v) is 1.89. The highest BCUT2D eigenvalue weighted by molar-refractivity contribution is 5.90. The molecule has 1 aliphatic rings. The van der Waals surface area contributed by atoms with Gasteiger partial charge in [-0.2, -0.15) is 0 Å². The first-order chi connectivity index (χ1) is 7.20. The summed E-state index contributed by atoms with van der Waals surface area (Å²) in [5.41, 5.74) is 0.672. The Bertz CT molecular complexity index is 365. The van der Waals surface area contributed by atoms with E-state index in [0.717, 1.165) is 12.8 Å². The van der Waals surface area contributed by atoms with Gasteiger partial charge in [-0.15, -0.1) is 0 Å². The second-order valence-electron chi connectivity index (χ2n) is 3.70. The molecule has 0 amide bonds. The summed E-state index contributed by atoms with van der Waals surface area (Å²) in [5, 5.41) is 12.8. The van der Waals surface area contributed by atoms with Gasteiger partial charge < -0.3 is 14.4 Å². The normalized spacial score (nSPS) is 17.9. The van der Waals surface area contributed by atoms with E-state index in [0.29, 0.717) is 24.7 Å². The summed E-state index contributed by atoms with van der Waals surface area (Å²) in [5.74, 6) is -0.329. The minimum Gasteiger partial charge on any atom is -0.477 e. The van der Waals surface area contributed by atoms with Crippen LogP contribution in [0, 0.1) is 6.92 Å². The molecule has 15 heavy (non-hydrogen) atoms. The quantitative estimate of drug-likeness (QED) is 0.803. The van der Waals surface area contributed by atoms with Crippen molar-refractivity contribution in [1.29, 1.82) is 0 Å². The van der Waals surface area contributed by atoms with E-state index < -0.39 is 5.97 Å². The number of aromatic carboxylic acids is 1. The average molecular weight is 211 g/mol. The Hall–Kier alpha value is -1.36. The Morgan fingerprint density at radius 3 is 2.73 bits per heavy atom. The van der Waals surface area contributed by atoms with Gasteiger partial charge in [0.05, 0.1) is 5.69 Å². The highest BCUT2D eigenvalue weighted by atomic mass is 16.5. The van der Waals surface area contributed by atoms with Crippen LogP contribution in [-0.2, 0) is 4.74 Å². The molecule has 1 aromatic rings. The Morgan fingerprint density at radius 2 is 2.13 bits per heavy atom. The molecule has 5 heteroatoms. The molecule has 0 aromatic carbocycles. The number of aromatic nitrogens is 1. The molecule has 1 saturated heterocycles. The molecule has 0 saturated carbocycles. The lowest BCUT2D eigenvalue weighted by molar-refractivity contribution is 0.0673. The SMILES string of the molecule is Cc1noc(C2CCOCC2)c1C(=O)O. The summed E-state index contributed by atoms with van der Waals surface area (Å²) in [6, 6.07) is 0. The first-order valence-corrected chi connectivity index (χ1v) is 4.97. The second-order valence-corrected chi connectivity index (χ2v) is 3.70. The molecule has 0 unspecified atom stereocenters. The van der Waals surface area contributed by atoms with Crippen molar-refractivity contribution in [3.8, 4) is 0 Å². The smallest absolute Gasteiger partial charge is 0.341 e. The zero-order valence-corrected chi connectivity index (χ0v) is 8.52. The van der Waals surface area contributed by atoms with Gasteiger partial charge in [0.1, 0.15) is 5.56 Å². The molecule has 1 aromatic heterocycles. The lowest BCUT2D eigenvalue weighted by Gasteiger charge is -2.19. The number of hydrogen-bond acceptors (Lipinski definition) is 4. The lowest BCUT2D eigenvalue weighted by atomic mass is 9.94. The summed E-state index contributed by atoms with van der Waals surface area (Å²) in [4.78, 5) is 11.0. The number of nitrogens with zero attached hydrogens (tertiary/aromatic N) is 1. The van der Waals surface area contributed by atoms with Gasteiger partial charge in [-0.25, -0.2) is 4.79 Å². The van der Waals surface area contributed by atoms with Crippen LogP contribution in [0.2, 0.25) is 0 Å². The minimum absolute atomic E-state index is 0.131. The summed E-state index contributed by atoms with van der Waals surface area (Å²) in [6.45, 7) is 2.96.